The van der Waals surface area contributed by atoms with Crippen molar-refractivity contribution in [2.24, 2.45) is 5.92 Å². The number of ether oxygens (including phenoxy) is 2. The highest BCUT2D eigenvalue weighted by Gasteiger charge is 2.31. The van der Waals surface area contributed by atoms with Crippen LogP contribution in [0.3, 0.4) is 0 Å². The van der Waals surface area contributed by atoms with E-state index in [9.17, 15) is 24.3 Å². The number of benzene rings is 4. The van der Waals surface area contributed by atoms with E-state index in [1.165, 1.54) is 4.90 Å². The van der Waals surface area contributed by atoms with Gasteiger partial charge in [0.25, 0.3) is 0 Å². The minimum Gasteiger partial charge on any atom is -0.454 e. The molecular weight excluding hydrogens is 695 g/mol. The molecule has 0 saturated heterocycles. The van der Waals surface area contributed by atoms with Gasteiger partial charge in [-0.05, 0) is 52.6 Å². The first-order chi connectivity index (χ1) is 26.8. The summed E-state index contributed by atoms with van der Waals surface area (Å²) in [6.45, 7) is 7.75. The van der Waals surface area contributed by atoms with E-state index in [0.29, 0.717) is 18.5 Å². The normalized spacial score (nSPS) is 13.3. The number of rotatable bonds is 20. The summed E-state index contributed by atoms with van der Waals surface area (Å²) < 4.78 is 11.7. The minimum atomic E-state index is -1.05. The van der Waals surface area contributed by atoms with Crippen molar-refractivity contribution >= 4 is 23.9 Å². The van der Waals surface area contributed by atoms with E-state index in [1.807, 2.05) is 72.8 Å². The minimum absolute atomic E-state index is 0.0834. The zero-order valence-corrected chi connectivity index (χ0v) is 31.0. The van der Waals surface area contributed by atoms with Crippen LogP contribution in [0.2, 0.25) is 0 Å². The highest BCUT2D eigenvalue weighted by atomic mass is 16.6. The molecule has 1 aliphatic carbocycles. The Balaban J connectivity index is 1.23. The van der Waals surface area contributed by atoms with Gasteiger partial charge in [-0.2, -0.15) is 0 Å². The fourth-order valence-electron chi connectivity index (χ4n) is 6.81. The predicted octanol–water partition coefficient (Wildman–Crippen LogP) is 6.86. The van der Waals surface area contributed by atoms with Crippen LogP contribution in [-0.4, -0.2) is 66.2 Å². The van der Waals surface area contributed by atoms with Gasteiger partial charge in [0.1, 0.15) is 18.8 Å². The number of nitrogens with one attached hydrogen (secondary N) is 2. The lowest BCUT2D eigenvalue weighted by Gasteiger charge is -2.26. The van der Waals surface area contributed by atoms with Crippen molar-refractivity contribution in [3.63, 3.8) is 0 Å². The van der Waals surface area contributed by atoms with Crippen LogP contribution in [-0.2, 0) is 30.4 Å². The van der Waals surface area contributed by atoms with E-state index in [0.717, 1.165) is 27.8 Å². The SMILES string of the molecule is C=CCC[C@H](NC(=O)OCC1c2ccccc2-c2ccccc21)C(=O)O[C@H](CNC(=O)[C@H](CC=C)CC(=O)N(CCO)Cc1ccccc1)c1ccccc1. The molecule has 0 unspecified atom stereocenters. The first kappa shape index (κ1) is 40.2. The lowest BCUT2D eigenvalue weighted by molar-refractivity contribution is -0.152. The van der Waals surface area contributed by atoms with Gasteiger partial charge in [0.15, 0.2) is 0 Å². The van der Waals surface area contributed by atoms with E-state index in [-0.39, 0.29) is 57.4 Å². The summed E-state index contributed by atoms with van der Waals surface area (Å²) in [5.41, 5.74) is 5.89. The van der Waals surface area contributed by atoms with Crippen LogP contribution in [0.4, 0.5) is 4.79 Å². The van der Waals surface area contributed by atoms with Crippen molar-refractivity contribution in [3.05, 3.63) is 157 Å². The number of carbonyl (C=O) groups is 4. The number of hydrogen-bond acceptors (Lipinski definition) is 7. The molecule has 4 aromatic carbocycles. The van der Waals surface area contributed by atoms with Crippen LogP contribution in [0.25, 0.3) is 11.1 Å². The molecule has 4 aromatic rings. The van der Waals surface area contributed by atoms with E-state index in [2.05, 4.69) is 35.9 Å². The number of allylic oxidation sites excluding steroid dienone is 2. The highest BCUT2D eigenvalue weighted by molar-refractivity contribution is 5.86. The zero-order valence-electron chi connectivity index (χ0n) is 31.0. The van der Waals surface area contributed by atoms with Gasteiger partial charge < -0.3 is 30.1 Å². The molecule has 1 aliphatic rings. The summed E-state index contributed by atoms with van der Waals surface area (Å²) in [5, 5.41) is 15.2. The van der Waals surface area contributed by atoms with Crippen LogP contribution in [0.15, 0.2) is 135 Å². The lowest BCUT2D eigenvalue weighted by Crippen LogP contribution is -2.44. The van der Waals surface area contributed by atoms with E-state index >= 15 is 0 Å². The van der Waals surface area contributed by atoms with E-state index in [4.69, 9.17) is 9.47 Å². The van der Waals surface area contributed by atoms with Gasteiger partial charge in [-0.15, -0.1) is 13.2 Å². The molecule has 0 radical (unpaired) electrons. The number of carbonyl (C=O) groups excluding carboxylic acids is 4. The maximum absolute atomic E-state index is 13.7. The first-order valence-corrected chi connectivity index (χ1v) is 18.6. The molecule has 286 valence electrons. The number of alkyl carbamates (subject to hydrolysis) is 1. The molecule has 0 aliphatic heterocycles. The average molecular weight is 744 g/mol. The van der Waals surface area contributed by atoms with E-state index < -0.39 is 36.0 Å². The Bertz CT molecular complexity index is 1870. The molecule has 0 spiro atoms. The Morgan fingerprint density at radius 3 is 2.05 bits per heavy atom. The number of hydrogen-bond donors (Lipinski definition) is 3. The van der Waals surface area contributed by atoms with Gasteiger partial charge in [-0.3, -0.25) is 9.59 Å². The summed E-state index contributed by atoms with van der Waals surface area (Å²) in [4.78, 5) is 55.5. The van der Waals surface area contributed by atoms with Crippen molar-refractivity contribution < 1.29 is 33.8 Å². The molecule has 0 bridgehead atoms. The van der Waals surface area contributed by atoms with Gasteiger partial charge in [0, 0.05) is 25.4 Å². The predicted molar refractivity (Wildman–Crippen MR) is 212 cm³/mol. The van der Waals surface area contributed by atoms with Gasteiger partial charge >= 0.3 is 12.1 Å². The van der Waals surface area contributed by atoms with Crippen molar-refractivity contribution in [2.45, 2.75) is 50.3 Å². The van der Waals surface area contributed by atoms with Crippen molar-refractivity contribution in [1.29, 1.82) is 0 Å². The second-order valence-corrected chi connectivity index (χ2v) is 13.4. The van der Waals surface area contributed by atoms with Gasteiger partial charge in [0.05, 0.1) is 19.1 Å². The molecule has 5 rings (SSSR count). The number of fused-ring (bicyclic) bond motifs is 3. The zero-order chi connectivity index (χ0) is 39.0. The molecule has 0 fully saturated rings. The Morgan fingerprint density at radius 2 is 1.44 bits per heavy atom. The van der Waals surface area contributed by atoms with Crippen molar-refractivity contribution in [1.82, 2.24) is 15.5 Å². The third-order valence-electron chi connectivity index (χ3n) is 9.65. The standard InChI is InChI=1S/C45H49N3O7/c1-3-5-25-40(47-45(53)54-31-39-37-23-14-12-21-35(37)36-22-13-15-24-38(36)39)44(52)55-41(33-19-10-7-11-20-33)29-46-43(51)34(16-4-2)28-42(50)48(26-27-49)30-32-17-8-6-9-18-32/h3-4,6-15,17-24,34,39-41,49H,1-2,5,16,25-31H2,(H,46,51)(H,47,53)/t34-,40+,41-/m1/s1. The molecule has 55 heavy (non-hydrogen) atoms. The second kappa shape index (κ2) is 20.5. The smallest absolute Gasteiger partial charge is 0.407 e. The molecule has 0 heterocycles. The second-order valence-electron chi connectivity index (χ2n) is 13.4. The summed E-state index contributed by atoms with van der Waals surface area (Å²) >= 11 is 0. The topological polar surface area (TPSA) is 134 Å². The van der Waals surface area contributed by atoms with Crippen molar-refractivity contribution in [2.75, 3.05) is 26.3 Å². The monoisotopic (exact) mass is 743 g/mol. The first-order valence-electron chi connectivity index (χ1n) is 18.6. The number of aliphatic hydroxyl groups is 1. The maximum Gasteiger partial charge on any atom is 0.407 e. The average Bonchev–Trinajstić information content (AvgIpc) is 3.53. The van der Waals surface area contributed by atoms with Crippen molar-refractivity contribution in [3.8, 4) is 11.1 Å². The van der Waals surface area contributed by atoms with Gasteiger partial charge in [-0.1, -0.05) is 121 Å². The van der Waals surface area contributed by atoms with Gasteiger partial charge in [0.2, 0.25) is 11.8 Å². The highest BCUT2D eigenvalue weighted by Crippen LogP contribution is 2.44. The third kappa shape index (κ3) is 11.0. The third-order valence-corrected chi connectivity index (χ3v) is 9.65. The molecule has 10 nitrogen and oxygen atoms in total. The van der Waals surface area contributed by atoms with Crippen LogP contribution in [0, 0.1) is 5.92 Å². The molecule has 3 amide bonds. The van der Waals surface area contributed by atoms with Gasteiger partial charge in [-0.25, -0.2) is 9.59 Å². The van der Waals surface area contributed by atoms with Crippen LogP contribution < -0.4 is 10.6 Å². The molecular formula is C45H49N3O7. The summed E-state index contributed by atoms with van der Waals surface area (Å²) in [6, 6.07) is 33.4. The largest absolute Gasteiger partial charge is 0.454 e. The summed E-state index contributed by atoms with van der Waals surface area (Å²) in [6.07, 6.45) is 2.35. The fourth-order valence-corrected chi connectivity index (χ4v) is 6.81. The lowest BCUT2D eigenvalue weighted by atomic mass is 9.98. The molecule has 3 N–H and O–H groups in total. The van der Waals surface area contributed by atoms with Crippen LogP contribution in [0.5, 0.6) is 0 Å². The molecule has 10 heteroatoms. The molecule has 0 saturated carbocycles. The van der Waals surface area contributed by atoms with E-state index in [1.54, 1.807) is 36.4 Å². The Morgan fingerprint density at radius 1 is 0.818 bits per heavy atom. The summed E-state index contributed by atoms with van der Waals surface area (Å²) in [7, 11) is 0. The number of amides is 3. The van der Waals surface area contributed by atoms with Crippen LogP contribution >= 0.6 is 0 Å². The Hall–Kier alpha value is -6.00. The Kier molecular flexibility index (Phi) is 14.9. The van der Waals surface area contributed by atoms with Crippen LogP contribution in [0.1, 0.15) is 60.0 Å². The maximum atomic E-state index is 13.7. The molecule has 3 atom stereocenters. The number of aliphatic hydroxyl groups excluding tert-OH is 1. The number of nitrogens with zero attached hydrogens (tertiary/aromatic N) is 1. The Labute approximate surface area is 322 Å². The molecule has 0 aromatic heterocycles. The fraction of sp³-hybridized carbons (Fsp3) is 0.289. The quantitative estimate of drug-likeness (QED) is 0.0665. The number of esters is 1. The summed E-state index contributed by atoms with van der Waals surface area (Å²) in [5.74, 6) is -2.28.